The van der Waals surface area contributed by atoms with Gasteiger partial charge in [-0.25, -0.2) is 5.48 Å². The summed E-state index contributed by atoms with van der Waals surface area (Å²) < 4.78 is 6.09. The average Bonchev–Trinajstić information content (AvgIpc) is 3.42. The summed E-state index contributed by atoms with van der Waals surface area (Å²) in [6, 6.07) is 7.59. The van der Waals surface area contributed by atoms with Crippen molar-refractivity contribution in [1.29, 1.82) is 0 Å². The first-order chi connectivity index (χ1) is 17.4. The molecule has 2 fully saturated rings. The van der Waals surface area contributed by atoms with Crippen LogP contribution in [0.15, 0.2) is 64.7 Å². The fraction of sp³-hybridized carbons (Fsp3) is 0.464. The van der Waals surface area contributed by atoms with E-state index in [1.165, 1.54) is 5.57 Å². The Morgan fingerprint density at radius 3 is 2.83 bits per heavy atom. The van der Waals surface area contributed by atoms with E-state index in [9.17, 15) is 19.9 Å². The number of rotatable bonds is 8. The van der Waals surface area contributed by atoms with Gasteiger partial charge in [0.05, 0.1) is 30.0 Å². The molecular formula is C28H33N3O5. The number of hydroxylamine groups is 1. The number of aliphatic imine (C=N–C) groups is 1. The first-order valence-corrected chi connectivity index (χ1v) is 12.6. The molecule has 4 unspecified atom stereocenters. The standard InChI is InChI=1S/C28H33N3O5/c1-18-13-20(23-6-2-3-7-25(23)29-18)17-36-22-10-8-19(9-11-22)14-28(15-24(28)26(33)30-35)27(34)31-12-4-5-21(31)16-32/h2-3,6,8-11,13,21,24-25,32,35H,4-5,7,12,14-17H2,1H3,(H,30,33). The van der Waals surface area contributed by atoms with Gasteiger partial charge in [-0.1, -0.05) is 30.4 Å². The lowest BCUT2D eigenvalue weighted by Gasteiger charge is -2.28. The molecule has 3 N–H and O–H groups in total. The van der Waals surface area contributed by atoms with Crippen LogP contribution in [0.25, 0.3) is 0 Å². The Bertz CT molecular complexity index is 1150. The Hall–Kier alpha value is -3.23. The maximum Gasteiger partial charge on any atom is 0.247 e. The summed E-state index contributed by atoms with van der Waals surface area (Å²) >= 11 is 0. The van der Waals surface area contributed by atoms with E-state index in [0.29, 0.717) is 26.0 Å². The third-order valence-corrected chi connectivity index (χ3v) is 7.86. The second-order valence-electron chi connectivity index (χ2n) is 10.2. The van der Waals surface area contributed by atoms with Crippen LogP contribution in [-0.2, 0) is 16.0 Å². The third-order valence-electron chi connectivity index (χ3n) is 7.86. The lowest BCUT2D eigenvalue weighted by atomic mass is 9.90. The van der Waals surface area contributed by atoms with Crippen molar-refractivity contribution in [3.8, 4) is 5.75 Å². The van der Waals surface area contributed by atoms with Crippen LogP contribution in [0.4, 0.5) is 0 Å². The zero-order chi connectivity index (χ0) is 25.3. The zero-order valence-electron chi connectivity index (χ0n) is 20.5. The highest BCUT2D eigenvalue weighted by molar-refractivity contribution is 5.96. The van der Waals surface area contributed by atoms with Gasteiger partial charge in [-0.05, 0) is 73.9 Å². The smallest absolute Gasteiger partial charge is 0.247 e. The number of dihydropyridines is 1. The minimum atomic E-state index is -0.896. The van der Waals surface area contributed by atoms with Gasteiger partial charge in [0.1, 0.15) is 12.4 Å². The van der Waals surface area contributed by atoms with Gasteiger partial charge in [-0.3, -0.25) is 19.8 Å². The van der Waals surface area contributed by atoms with Crippen molar-refractivity contribution in [1.82, 2.24) is 10.4 Å². The van der Waals surface area contributed by atoms with Gasteiger partial charge in [0.25, 0.3) is 0 Å². The number of aliphatic hydroxyl groups is 1. The van der Waals surface area contributed by atoms with Crippen LogP contribution in [0.1, 0.15) is 38.2 Å². The molecule has 1 saturated heterocycles. The van der Waals surface area contributed by atoms with Crippen molar-refractivity contribution >= 4 is 17.5 Å². The van der Waals surface area contributed by atoms with Gasteiger partial charge in [0.15, 0.2) is 0 Å². The van der Waals surface area contributed by atoms with E-state index in [0.717, 1.165) is 41.9 Å². The van der Waals surface area contributed by atoms with Crippen molar-refractivity contribution < 1.29 is 24.6 Å². The van der Waals surface area contributed by atoms with Crippen LogP contribution < -0.4 is 10.2 Å². The molecule has 36 heavy (non-hydrogen) atoms. The number of carbonyl (C=O) groups is 2. The fourth-order valence-electron chi connectivity index (χ4n) is 5.85. The second-order valence-corrected chi connectivity index (χ2v) is 10.2. The molecule has 1 aromatic rings. The molecule has 0 aromatic heterocycles. The average molecular weight is 492 g/mol. The lowest BCUT2D eigenvalue weighted by Crippen LogP contribution is -2.44. The van der Waals surface area contributed by atoms with Crippen LogP contribution in [0, 0.1) is 11.3 Å². The van der Waals surface area contributed by atoms with Gasteiger partial charge in [0.2, 0.25) is 11.8 Å². The molecule has 4 atom stereocenters. The first kappa shape index (κ1) is 24.5. The number of fused-ring (bicyclic) bond motifs is 1. The van der Waals surface area contributed by atoms with E-state index in [1.54, 1.807) is 10.4 Å². The van der Waals surface area contributed by atoms with E-state index in [2.05, 4.69) is 24.3 Å². The topological polar surface area (TPSA) is 111 Å². The van der Waals surface area contributed by atoms with Crippen molar-refractivity contribution in [2.24, 2.45) is 16.3 Å². The molecule has 8 nitrogen and oxygen atoms in total. The highest BCUT2D eigenvalue weighted by Gasteiger charge is 2.64. The Kier molecular flexibility index (Phi) is 6.81. The largest absolute Gasteiger partial charge is 0.489 e. The number of likely N-dealkylation sites (tertiary alicyclic amines) is 1. The van der Waals surface area contributed by atoms with Crippen molar-refractivity contribution in [3.05, 3.63) is 65.3 Å². The Morgan fingerprint density at radius 2 is 2.08 bits per heavy atom. The van der Waals surface area contributed by atoms with E-state index in [1.807, 2.05) is 31.2 Å². The molecule has 0 radical (unpaired) electrons. The van der Waals surface area contributed by atoms with Crippen LogP contribution >= 0.6 is 0 Å². The number of benzene rings is 1. The minimum absolute atomic E-state index is 0.0829. The van der Waals surface area contributed by atoms with Crippen LogP contribution in [0.2, 0.25) is 0 Å². The predicted molar refractivity (Wildman–Crippen MR) is 135 cm³/mol. The molecule has 0 spiro atoms. The van der Waals surface area contributed by atoms with Gasteiger partial charge in [-0.15, -0.1) is 0 Å². The molecule has 190 valence electrons. The Labute approximate surface area is 211 Å². The van der Waals surface area contributed by atoms with Crippen molar-refractivity contribution in [2.75, 3.05) is 19.8 Å². The fourth-order valence-corrected chi connectivity index (χ4v) is 5.85. The van der Waals surface area contributed by atoms with Gasteiger partial charge >= 0.3 is 0 Å². The molecule has 4 aliphatic rings. The van der Waals surface area contributed by atoms with Crippen molar-refractivity contribution in [3.63, 3.8) is 0 Å². The van der Waals surface area contributed by atoms with Gasteiger partial charge in [0, 0.05) is 12.3 Å². The predicted octanol–water partition coefficient (Wildman–Crippen LogP) is 2.76. The monoisotopic (exact) mass is 491 g/mol. The number of allylic oxidation sites excluding steroid dienone is 3. The molecule has 2 aliphatic carbocycles. The summed E-state index contributed by atoms with van der Waals surface area (Å²) in [5.41, 5.74) is 5.07. The van der Waals surface area contributed by atoms with Gasteiger partial charge < -0.3 is 14.7 Å². The van der Waals surface area contributed by atoms with E-state index >= 15 is 0 Å². The highest BCUT2D eigenvalue weighted by Crippen LogP contribution is 2.56. The number of nitrogens with zero attached hydrogens (tertiary/aromatic N) is 2. The summed E-state index contributed by atoms with van der Waals surface area (Å²) in [5, 5.41) is 18.9. The van der Waals surface area contributed by atoms with Crippen LogP contribution in [0.3, 0.4) is 0 Å². The normalized spacial score (nSPS) is 28.6. The van der Waals surface area contributed by atoms with Crippen LogP contribution in [0.5, 0.6) is 5.75 Å². The molecule has 8 heteroatoms. The van der Waals surface area contributed by atoms with E-state index in [-0.39, 0.29) is 24.6 Å². The number of carbonyl (C=O) groups excluding carboxylic acids is 2. The maximum atomic E-state index is 13.5. The summed E-state index contributed by atoms with van der Waals surface area (Å²) in [5.74, 6) is -0.504. The number of hydrogen-bond donors (Lipinski definition) is 3. The molecular weight excluding hydrogens is 458 g/mol. The lowest BCUT2D eigenvalue weighted by molar-refractivity contribution is -0.142. The van der Waals surface area contributed by atoms with Crippen LogP contribution in [-0.4, -0.2) is 64.6 Å². The quantitative estimate of drug-likeness (QED) is 0.383. The van der Waals surface area contributed by atoms with E-state index < -0.39 is 17.2 Å². The van der Waals surface area contributed by atoms with Crippen molar-refractivity contribution in [2.45, 2.75) is 51.1 Å². The summed E-state index contributed by atoms with van der Waals surface area (Å²) in [4.78, 5) is 32.2. The number of hydrogen-bond acceptors (Lipinski definition) is 6. The Morgan fingerprint density at radius 1 is 1.28 bits per heavy atom. The maximum absolute atomic E-state index is 13.5. The molecule has 5 rings (SSSR count). The second kappa shape index (κ2) is 10.0. The Balaban J connectivity index is 1.27. The highest BCUT2D eigenvalue weighted by atomic mass is 16.5. The third kappa shape index (κ3) is 4.63. The zero-order valence-corrected chi connectivity index (χ0v) is 20.5. The van der Waals surface area contributed by atoms with E-state index in [4.69, 9.17) is 9.73 Å². The molecule has 1 saturated carbocycles. The minimum Gasteiger partial charge on any atom is -0.489 e. The number of amides is 2. The molecule has 2 heterocycles. The SMILES string of the molecule is CC1=NC2CC=CC=C2C(COc2ccc(CC3(C(=O)N4CCCC4CO)CC3C(=O)NO)cc2)=C1. The molecule has 0 bridgehead atoms. The first-order valence-electron chi connectivity index (χ1n) is 12.6. The molecule has 1 aromatic carbocycles. The van der Waals surface area contributed by atoms with Gasteiger partial charge in [-0.2, -0.15) is 0 Å². The summed E-state index contributed by atoms with van der Waals surface area (Å²) in [6.45, 7) is 2.95. The number of aliphatic hydroxyl groups excluding tert-OH is 1. The summed E-state index contributed by atoms with van der Waals surface area (Å²) in [6.07, 6.45) is 11.6. The number of ether oxygens (including phenoxy) is 1. The molecule has 2 aliphatic heterocycles. The molecule has 2 amide bonds. The number of nitrogens with one attached hydrogen (secondary N) is 1. The summed E-state index contributed by atoms with van der Waals surface area (Å²) in [7, 11) is 0.